The third-order valence-electron chi connectivity index (χ3n) is 5.12. The molecule has 32 heavy (non-hydrogen) atoms. The number of hydrogen-bond donors (Lipinski definition) is 4. The lowest BCUT2D eigenvalue weighted by Gasteiger charge is -2.37. The van der Waals surface area contributed by atoms with Gasteiger partial charge in [-0.25, -0.2) is 0 Å². The van der Waals surface area contributed by atoms with Crippen molar-refractivity contribution in [1.82, 2.24) is 0 Å². The maximum atomic E-state index is 12.9. The van der Waals surface area contributed by atoms with Crippen LogP contribution in [0.2, 0.25) is 0 Å². The van der Waals surface area contributed by atoms with E-state index < -0.39 is 40.0 Å². The molecule has 4 N–H and O–H groups in total. The van der Waals surface area contributed by atoms with Gasteiger partial charge in [0.2, 0.25) is 5.91 Å². The number of hydrogen-bond acceptors (Lipinski definition) is 4. The standard InChI is InChI=1S/C20H19F6NO4S/c21-19(22,23)18(29,20(24,25)26)14-4-6-15(7-5-14)27-17(28)11-12-3-8-16-13(10-12)2-1-9-32(16,30)31/h3-8,10,29-31H,1-2,9,11H2,(H,27,28). The van der Waals surface area contributed by atoms with E-state index >= 15 is 0 Å². The second kappa shape index (κ2) is 8.25. The van der Waals surface area contributed by atoms with Gasteiger partial charge < -0.3 is 10.4 Å². The van der Waals surface area contributed by atoms with E-state index in [1.807, 2.05) is 0 Å². The first-order valence-electron chi connectivity index (χ1n) is 9.29. The van der Waals surface area contributed by atoms with Crippen LogP contribution >= 0.6 is 10.6 Å². The number of fused-ring (bicyclic) bond motifs is 1. The van der Waals surface area contributed by atoms with Crippen molar-refractivity contribution in [2.24, 2.45) is 0 Å². The molecule has 0 unspecified atom stereocenters. The van der Waals surface area contributed by atoms with Crippen molar-refractivity contribution in [2.75, 3.05) is 11.1 Å². The van der Waals surface area contributed by atoms with Gasteiger partial charge in [-0.1, -0.05) is 24.3 Å². The van der Waals surface area contributed by atoms with Crippen molar-refractivity contribution in [3.63, 3.8) is 0 Å². The molecule has 0 spiro atoms. The van der Waals surface area contributed by atoms with Crippen LogP contribution in [0.1, 0.15) is 23.1 Å². The first-order chi connectivity index (χ1) is 14.6. The Bertz CT molecular complexity index is 991. The van der Waals surface area contributed by atoms with Gasteiger partial charge in [0.05, 0.1) is 11.3 Å². The fourth-order valence-corrected chi connectivity index (χ4v) is 5.14. The molecule has 12 heteroatoms. The van der Waals surface area contributed by atoms with Gasteiger partial charge in [-0.15, -0.1) is 0 Å². The number of benzene rings is 2. The van der Waals surface area contributed by atoms with E-state index in [1.165, 1.54) is 6.07 Å². The zero-order valence-corrected chi connectivity index (χ0v) is 17.1. The highest BCUT2D eigenvalue weighted by Crippen LogP contribution is 2.53. The number of alkyl halides is 6. The predicted molar refractivity (Wildman–Crippen MR) is 106 cm³/mol. The van der Waals surface area contributed by atoms with Gasteiger partial charge >= 0.3 is 12.4 Å². The van der Waals surface area contributed by atoms with Gasteiger partial charge in [0.25, 0.3) is 5.60 Å². The first-order valence-corrected chi connectivity index (χ1v) is 11.0. The van der Waals surface area contributed by atoms with Crippen molar-refractivity contribution in [3.05, 3.63) is 59.2 Å². The highest BCUT2D eigenvalue weighted by atomic mass is 32.3. The number of carbonyl (C=O) groups excluding carboxylic acids is 1. The Kier molecular flexibility index (Phi) is 6.28. The smallest absolute Gasteiger partial charge is 0.369 e. The molecule has 1 heterocycles. The molecule has 0 bridgehead atoms. The molecule has 0 fully saturated rings. The normalized spacial score (nSPS) is 17.4. The minimum atomic E-state index is -6.00. The van der Waals surface area contributed by atoms with Crippen molar-refractivity contribution in [3.8, 4) is 0 Å². The number of rotatable bonds is 4. The first kappa shape index (κ1) is 24.4. The lowest BCUT2D eigenvalue weighted by molar-refractivity contribution is -0.376. The van der Waals surface area contributed by atoms with E-state index in [4.69, 9.17) is 0 Å². The summed E-state index contributed by atoms with van der Waals surface area (Å²) in [4.78, 5) is 12.7. The molecular formula is C20H19F6NO4S. The van der Waals surface area contributed by atoms with Crippen LogP contribution in [0.15, 0.2) is 47.4 Å². The minimum absolute atomic E-state index is 0.0578. The van der Waals surface area contributed by atoms with Crippen molar-refractivity contribution in [1.29, 1.82) is 0 Å². The number of carbonyl (C=O) groups is 1. The molecular weight excluding hydrogens is 464 g/mol. The van der Waals surface area contributed by atoms with Gasteiger partial charge in [-0.3, -0.25) is 13.9 Å². The molecule has 5 nitrogen and oxygen atoms in total. The largest absolute Gasteiger partial charge is 0.430 e. The quantitative estimate of drug-likeness (QED) is 0.448. The number of anilines is 1. The van der Waals surface area contributed by atoms with E-state index in [-0.39, 0.29) is 17.9 Å². The summed E-state index contributed by atoms with van der Waals surface area (Å²) in [5.41, 5.74) is -5.26. The number of aryl methyl sites for hydroxylation is 1. The molecule has 2 aromatic rings. The van der Waals surface area contributed by atoms with E-state index in [0.29, 0.717) is 41.0 Å². The molecule has 0 saturated carbocycles. The Labute approximate surface area is 180 Å². The van der Waals surface area contributed by atoms with Crippen LogP contribution in [0.5, 0.6) is 0 Å². The number of halogens is 6. The van der Waals surface area contributed by atoms with Gasteiger partial charge in [0, 0.05) is 17.0 Å². The van der Waals surface area contributed by atoms with Gasteiger partial charge in [0.1, 0.15) is 0 Å². The van der Waals surface area contributed by atoms with Crippen molar-refractivity contribution >= 4 is 22.2 Å². The maximum absolute atomic E-state index is 12.9. The monoisotopic (exact) mass is 483 g/mol. The summed E-state index contributed by atoms with van der Waals surface area (Å²) in [6, 6.07) is 7.30. The van der Waals surface area contributed by atoms with E-state index in [2.05, 4.69) is 5.32 Å². The van der Waals surface area contributed by atoms with E-state index in [1.54, 1.807) is 12.1 Å². The summed E-state index contributed by atoms with van der Waals surface area (Å²) in [6.45, 7) is 0. The summed E-state index contributed by atoms with van der Waals surface area (Å²) >= 11 is 0. The topological polar surface area (TPSA) is 89.8 Å². The van der Waals surface area contributed by atoms with E-state index in [9.17, 15) is 45.3 Å². The molecule has 1 aliphatic heterocycles. The molecule has 0 saturated heterocycles. The number of amides is 1. The zero-order chi connectivity index (χ0) is 23.9. The molecule has 0 aliphatic carbocycles. The molecule has 1 amide bonds. The van der Waals surface area contributed by atoms with Crippen LogP contribution in [0, 0.1) is 0 Å². The Balaban J connectivity index is 1.73. The van der Waals surface area contributed by atoms with Crippen LogP contribution in [-0.2, 0) is 23.2 Å². The third kappa shape index (κ3) is 4.58. The summed E-state index contributed by atoms with van der Waals surface area (Å²) in [7, 11) is -2.85. The Hall–Kier alpha value is -2.28. The highest BCUT2D eigenvalue weighted by molar-refractivity contribution is 8.24. The van der Waals surface area contributed by atoms with Crippen LogP contribution in [-0.4, -0.2) is 38.2 Å². The maximum Gasteiger partial charge on any atom is 0.430 e. The minimum Gasteiger partial charge on any atom is -0.369 e. The van der Waals surface area contributed by atoms with Gasteiger partial charge in [-0.2, -0.15) is 36.9 Å². The molecule has 3 rings (SSSR count). The predicted octanol–water partition coefficient (Wildman–Crippen LogP) is 5.24. The molecule has 1 aliphatic rings. The summed E-state index contributed by atoms with van der Waals surface area (Å²) in [5.74, 6) is -0.310. The van der Waals surface area contributed by atoms with Crippen LogP contribution in [0.25, 0.3) is 0 Å². The second-order valence-electron chi connectivity index (χ2n) is 7.42. The van der Waals surface area contributed by atoms with Crippen LogP contribution < -0.4 is 5.32 Å². The van der Waals surface area contributed by atoms with Crippen molar-refractivity contribution < 1.29 is 45.3 Å². The molecule has 0 aromatic heterocycles. The van der Waals surface area contributed by atoms with Gasteiger partial charge in [-0.05, 0) is 42.2 Å². The number of nitrogens with one attached hydrogen (secondary N) is 1. The second-order valence-corrected chi connectivity index (χ2v) is 9.61. The number of aliphatic hydroxyl groups is 1. The average molecular weight is 483 g/mol. The Morgan fingerprint density at radius 2 is 1.56 bits per heavy atom. The lowest BCUT2D eigenvalue weighted by atomic mass is 9.92. The molecule has 0 atom stereocenters. The Morgan fingerprint density at radius 3 is 2.12 bits per heavy atom. The summed E-state index contributed by atoms with van der Waals surface area (Å²) < 4.78 is 97.8. The molecule has 0 radical (unpaired) electrons. The third-order valence-corrected chi connectivity index (χ3v) is 7.08. The lowest BCUT2D eigenvalue weighted by Crippen LogP contribution is -2.53. The van der Waals surface area contributed by atoms with E-state index in [0.717, 1.165) is 12.1 Å². The summed E-state index contributed by atoms with van der Waals surface area (Å²) in [6.07, 6.45) is -10.9. The molecule has 176 valence electrons. The fraction of sp³-hybridized carbons (Fsp3) is 0.350. The van der Waals surface area contributed by atoms with Crippen molar-refractivity contribution in [2.45, 2.75) is 42.1 Å². The van der Waals surface area contributed by atoms with Crippen LogP contribution in [0.4, 0.5) is 32.0 Å². The fourth-order valence-electron chi connectivity index (χ4n) is 3.50. The van der Waals surface area contributed by atoms with Crippen LogP contribution in [0.3, 0.4) is 0 Å². The molecule has 2 aromatic carbocycles. The Morgan fingerprint density at radius 1 is 0.969 bits per heavy atom. The summed E-state index contributed by atoms with van der Waals surface area (Å²) in [5, 5.41) is 11.8. The van der Waals surface area contributed by atoms with Gasteiger partial charge in [0.15, 0.2) is 0 Å². The average Bonchev–Trinajstić information content (AvgIpc) is 2.65. The zero-order valence-electron chi connectivity index (χ0n) is 16.3. The SMILES string of the molecule is O=C(Cc1ccc2c(c1)CCCS2(O)O)Nc1ccc(C(O)(C(F)(F)F)C(F)(F)F)cc1. The highest BCUT2D eigenvalue weighted by Gasteiger charge is 2.71.